The number of alkyl halides is 2. The number of aryl methyl sites for hydroxylation is 1. The zero-order chi connectivity index (χ0) is 21.7. The molecule has 0 N–H and O–H groups in total. The number of rotatable bonds is 8. The van der Waals surface area contributed by atoms with Gasteiger partial charge in [-0.25, -0.2) is 4.79 Å². The summed E-state index contributed by atoms with van der Waals surface area (Å²) in [6.07, 6.45) is 0. The van der Waals surface area contributed by atoms with Crippen LogP contribution in [0.2, 0.25) is 0 Å². The van der Waals surface area contributed by atoms with E-state index in [1.807, 2.05) is 48.7 Å². The molecule has 0 radical (unpaired) electrons. The summed E-state index contributed by atoms with van der Waals surface area (Å²) in [6.45, 7) is 0.935. The summed E-state index contributed by atoms with van der Waals surface area (Å²) in [5.41, 5.74) is 3.31. The van der Waals surface area contributed by atoms with Crippen LogP contribution in [0, 0.1) is 13.8 Å². The van der Waals surface area contributed by atoms with Crippen molar-refractivity contribution in [2.75, 3.05) is 6.61 Å². The second-order valence-electron chi connectivity index (χ2n) is 6.76. The summed E-state index contributed by atoms with van der Waals surface area (Å²) in [7, 11) is 0. The Kier molecular flexibility index (Phi) is 6.61. The zero-order valence-electron chi connectivity index (χ0n) is 16.6. The Morgan fingerprint density at radius 1 is 1.00 bits per heavy atom. The second kappa shape index (κ2) is 9.35. The molecule has 0 atom stereocenters. The molecule has 0 saturated carbocycles. The number of nitrogens with zero attached hydrogens (tertiary/aromatic N) is 1. The molecule has 0 amide bonds. The molecule has 7 heteroatoms. The number of aromatic nitrogens is 1. The molecule has 2 aromatic carbocycles. The van der Waals surface area contributed by atoms with E-state index in [1.165, 1.54) is 18.2 Å². The van der Waals surface area contributed by atoms with Crippen molar-refractivity contribution in [3.05, 3.63) is 88.7 Å². The monoisotopic (exact) mass is 413 g/mol. The summed E-state index contributed by atoms with van der Waals surface area (Å²) in [5, 5.41) is 0. The van der Waals surface area contributed by atoms with Crippen molar-refractivity contribution < 1.29 is 27.8 Å². The third-order valence-corrected chi connectivity index (χ3v) is 4.69. The average Bonchev–Trinajstić information content (AvgIpc) is 3.00. The highest BCUT2D eigenvalue weighted by molar-refractivity contribution is 6.00. The summed E-state index contributed by atoms with van der Waals surface area (Å²) in [6, 6.07) is 16.9. The van der Waals surface area contributed by atoms with Crippen LogP contribution < -0.4 is 4.74 Å². The van der Waals surface area contributed by atoms with Crippen molar-refractivity contribution in [3.63, 3.8) is 0 Å². The van der Waals surface area contributed by atoms with Crippen LogP contribution in [-0.4, -0.2) is 29.5 Å². The van der Waals surface area contributed by atoms with Gasteiger partial charge in [-0.05, 0) is 43.7 Å². The number of ether oxygens (including phenoxy) is 2. The highest BCUT2D eigenvalue weighted by Crippen LogP contribution is 2.19. The number of carbonyl (C=O) groups is 2. The zero-order valence-corrected chi connectivity index (χ0v) is 16.6. The van der Waals surface area contributed by atoms with Crippen LogP contribution in [0.25, 0.3) is 0 Å². The lowest BCUT2D eigenvalue weighted by Crippen LogP contribution is -2.15. The Labute approximate surface area is 172 Å². The van der Waals surface area contributed by atoms with Crippen molar-refractivity contribution in [3.8, 4) is 5.75 Å². The van der Waals surface area contributed by atoms with Gasteiger partial charge in [0.1, 0.15) is 5.75 Å². The smallest absolute Gasteiger partial charge is 0.387 e. The predicted octanol–water partition coefficient (Wildman–Crippen LogP) is 4.79. The van der Waals surface area contributed by atoms with E-state index in [1.54, 1.807) is 6.07 Å². The number of hydrogen-bond acceptors (Lipinski definition) is 4. The molecular formula is C23H21F2NO4. The first-order chi connectivity index (χ1) is 14.3. The topological polar surface area (TPSA) is 57.5 Å². The molecule has 0 aliphatic carbocycles. The average molecular weight is 413 g/mol. The number of benzene rings is 2. The lowest BCUT2D eigenvalue weighted by Gasteiger charge is -2.10. The van der Waals surface area contributed by atoms with Crippen LogP contribution in [0.4, 0.5) is 8.78 Å². The maximum absolute atomic E-state index is 12.6. The van der Waals surface area contributed by atoms with E-state index in [9.17, 15) is 18.4 Å². The fraction of sp³-hybridized carbons (Fsp3) is 0.217. The van der Waals surface area contributed by atoms with Crippen LogP contribution >= 0.6 is 0 Å². The van der Waals surface area contributed by atoms with Crippen molar-refractivity contribution in [1.29, 1.82) is 0 Å². The SMILES string of the molecule is Cc1cc(C(=O)COC(=O)c2cccc(OC(F)F)c2)c(C)n1Cc1ccccc1. The first-order valence-electron chi connectivity index (χ1n) is 9.31. The van der Waals surface area contributed by atoms with Crippen molar-refractivity contribution in [1.82, 2.24) is 4.57 Å². The minimum atomic E-state index is -3.00. The van der Waals surface area contributed by atoms with Crippen LogP contribution in [0.15, 0.2) is 60.7 Å². The van der Waals surface area contributed by atoms with Gasteiger partial charge in [-0.15, -0.1) is 0 Å². The molecule has 0 unspecified atom stereocenters. The van der Waals surface area contributed by atoms with Crippen LogP contribution in [-0.2, 0) is 11.3 Å². The second-order valence-corrected chi connectivity index (χ2v) is 6.76. The molecular weight excluding hydrogens is 392 g/mol. The van der Waals surface area contributed by atoms with Crippen LogP contribution in [0.5, 0.6) is 5.75 Å². The fourth-order valence-electron chi connectivity index (χ4n) is 3.18. The molecule has 156 valence electrons. The summed E-state index contributed by atoms with van der Waals surface area (Å²) >= 11 is 0. The molecule has 1 heterocycles. The van der Waals surface area contributed by atoms with Gasteiger partial charge >= 0.3 is 12.6 Å². The molecule has 3 aromatic rings. The third kappa shape index (κ3) is 5.11. The van der Waals surface area contributed by atoms with Gasteiger partial charge in [0, 0.05) is 23.5 Å². The standard InChI is InChI=1S/C23H21F2NO4/c1-15-11-20(16(2)26(15)13-17-7-4-3-5-8-17)21(27)14-29-22(28)18-9-6-10-19(12-18)30-23(24)25/h3-12,23H,13-14H2,1-2H3. The summed E-state index contributed by atoms with van der Waals surface area (Å²) in [5.74, 6) is -1.29. The molecule has 0 bridgehead atoms. The van der Waals surface area contributed by atoms with Crippen molar-refractivity contribution >= 4 is 11.8 Å². The molecule has 0 saturated heterocycles. The van der Waals surface area contributed by atoms with E-state index < -0.39 is 19.2 Å². The number of ketones is 1. The Balaban J connectivity index is 1.66. The predicted molar refractivity (Wildman–Crippen MR) is 107 cm³/mol. The van der Waals surface area contributed by atoms with Gasteiger partial charge in [-0.1, -0.05) is 36.4 Å². The number of carbonyl (C=O) groups excluding carboxylic acids is 2. The minimum Gasteiger partial charge on any atom is -0.454 e. The number of hydrogen-bond donors (Lipinski definition) is 0. The maximum Gasteiger partial charge on any atom is 0.387 e. The van der Waals surface area contributed by atoms with Crippen molar-refractivity contribution in [2.24, 2.45) is 0 Å². The summed E-state index contributed by atoms with van der Waals surface area (Å²) < 4.78 is 36.0. The normalized spacial score (nSPS) is 10.8. The molecule has 0 aliphatic heterocycles. The molecule has 5 nitrogen and oxygen atoms in total. The quantitative estimate of drug-likeness (QED) is 0.393. The van der Waals surface area contributed by atoms with Gasteiger partial charge in [0.05, 0.1) is 5.56 Å². The van der Waals surface area contributed by atoms with E-state index >= 15 is 0 Å². The maximum atomic E-state index is 12.6. The van der Waals surface area contributed by atoms with E-state index in [0.29, 0.717) is 12.1 Å². The van der Waals surface area contributed by atoms with Gasteiger partial charge in [-0.3, -0.25) is 4.79 Å². The Morgan fingerprint density at radius 3 is 2.43 bits per heavy atom. The van der Waals surface area contributed by atoms with Gasteiger partial charge in [0.15, 0.2) is 6.61 Å². The van der Waals surface area contributed by atoms with Crippen LogP contribution in [0.3, 0.4) is 0 Å². The third-order valence-electron chi connectivity index (χ3n) is 4.69. The largest absolute Gasteiger partial charge is 0.454 e. The number of esters is 1. The van der Waals surface area contributed by atoms with Gasteiger partial charge in [0.2, 0.25) is 5.78 Å². The van der Waals surface area contributed by atoms with E-state index in [0.717, 1.165) is 23.0 Å². The van der Waals surface area contributed by atoms with E-state index in [4.69, 9.17) is 4.74 Å². The summed E-state index contributed by atoms with van der Waals surface area (Å²) in [4.78, 5) is 24.8. The van der Waals surface area contributed by atoms with E-state index in [-0.39, 0.29) is 17.1 Å². The first-order valence-corrected chi connectivity index (χ1v) is 9.31. The molecule has 3 rings (SSSR count). The number of halogens is 2. The van der Waals surface area contributed by atoms with Crippen molar-refractivity contribution in [2.45, 2.75) is 27.0 Å². The fourth-order valence-corrected chi connectivity index (χ4v) is 3.18. The highest BCUT2D eigenvalue weighted by Gasteiger charge is 2.18. The first kappa shape index (κ1) is 21.2. The molecule has 0 spiro atoms. The van der Waals surface area contributed by atoms with Crippen LogP contribution in [0.1, 0.15) is 37.7 Å². The minimum absolute atomic E-state index is 0.0236. The Morgan fingerprint density at radius 2 is 1.73 bits per heavy atom. The molecule has 1 aromatic heterocycles. The van der Waals surface area contributed by atoms with Gasteiger partial charge < -0.3 is 14.0 Å². The molecule has 0 fully saturated rings. The Bertz CT molecular complexity index is 1040. The van der Waals surface area contributed by atoms with Gasteiger partial charge in [0.25, 0.3) is 0 Å². The molecule has 0 aliphatic rings. The van der Waals surface area contributed by atoms with Gasteiger partial charge in [-0.2, -0.15) is 8.78 Å². The van der Waals surface area contributed by atoms with E-state index in [2.05, 4.69) is 4.74 Å². The number of Topliss-reactive ketones (excluding diaryl/α,β-unsaturated/α-hetero) is 1. The lowest BCUT2D eigenvalue weighted by molar-refractivity contribution is -0.0499. The molecule has 30 heavy (non-hydrogen) atoms. The highest BCUT2D eigenvalue weighted by atomic mass is 19.3. The Hall–Kier alpha value is -3.48. The lowest BCUT2D eigenvalue weighted by atomic mass is 10.1.